The molecule has 1 atom stereocenters. The predicted molar refractivity (Wildman–Crippen MR) is 157 cm³/mol. The minimum absolute atomic E-state index is 0.0382. The molecular formula is C30H36ClN3O4S. The van der Waals surface area contributed by atoms with Crippen molar-refractivity contribution in [2.45, 2.75) is 39.8 Å². The normalized spacial score (nSPS) is 12.2. The van der Waals surface area contributed by atoms with Gasteiger partial charge < -0.3 is 10.2 Å². The highest BCUT2D eigenvalue weighted by molar-refractivity contribution is 7.92. The van der Waals surface area contributed by atoms with Crippen LogP contribution in [0.25, 0.3) is 0 Å². The van der Waals surface area contributed by atoms with Gasteiger partial charge in [0.05, 0.1) is 11.9 Å². The molecule has 1 N–H and O–H groups in total. The fourth-order valence-electron chi connectivity index (χ4n) is 4.22. The van der Waals surface area contributed by atoms with Crippen molar-refractivity contribution in [2.24, 2.45) is 5.92 Å². The van der Waals surface area contributed by atoms with Crippen molar-refractivity contribution in [2.75, 3.05) is 23.7 Å². The molecule has 0 heterocycles. The molecule has 0 aliphatic rings. The Hall–Kier alpha value is -3.36. The van der Waals surface area contributed by atoms with Crippen molar-refractivity contribution in [3.8, 4) is 0 Å². The van der Waals surface area contributed by atoms with Crippen LogP contribution in [-0.4, -0.2) is 50.5 Å². The Morgan fingerprint density at radius 3 is 2.15 bits per heavy atom. The van der Waals surface area contributed by atoms with E-state index in [0.29, 0.717) is 28.4 Å². The number of sulfonamides is 1. The van der Waals surface area contributed by atoms with E-state index in [1.54, 1.807) is 49.4 Å². The summed E-state index contributed by atoms with van der Waals surface area (Å²) in [5.41, 5.74) is 2.65. The van der Waals surface area contributed by atoms with Crippen molar-refractivity contribution >= 4 is 39.1 Å². The third-order valence-corrected chi connectivity index (χ3v) is 7.81. The molecule has 2 amide bonds. The molecule has 3 rings (SSSR count). The lowest BCUT2D eigenvalue weighted by atomic mass is 10.0. The Balaban J connectivity index is 2.06. The molecule has 0 aliphatic heterocycles. The highest BCUT2D eigenvalue weighted by atomic mass is 35.5. The molecule has 3 aromatic rings. The van der Waals surface area contributed by atoms with Gasteiger partial charge in [-0.1, -0.05) is 92.2 Å². The summed E-state index contributed by atoms with van der Waals surface area (Å²) in [5.74, 6) is -0.611. The van der Waals surface area contributed by atoms with Gasteiger partial charge in [-0.2, -0.15) is 0 Å². The fourth-order valence-corrected chi connectivity index (χ4v) is 5.33. The Labute approximate surface area is 236 Å². The van der Waals surface area contributed by atoms with E-state index in [-0.39, 0.29) is 24.8 Å². The van der Waals surface area contributed by atoms with Crippen LogP contribution in [0.3, 0.4) is 0 Å². The van der Waals surface area contributed by atoms with Gasteiger partial charge in [-0.15, -0.1) is 0 Å². The molecule has 208 valence electrons. The molecule has 0 bridgehead atoms. The second-order valence-corrected chi connectivity index (χ2v) is 12.3. The number of nitrogens with zero attached hydrogens (tertiary/aromatic N) is 2. The number of halogens is 1. The topological polar surface area (TPSA) is 86.8 Å². The van der Waals surface area contributed by atoms with E-state index in [1.165, 1.54) is 4.90 Å². The molecule has 0 radical (unpaired) electrons. The molecular weight excluding hydrogens is 534 g/mol. The lowest BCUT2D eigenvalue weighted by molar-refractivity contribution is -0.140. The number of nitrogens with one attached hydrogen (secondary N) is 1. The van der Waals surface area contributed by atoms with Crippen molar-refractivity contribution in [1.29, 1.82) is 0 Å². The quantitative estimate of drug-likeness (QED) is 0.338. The van der Waals surface area contributed by atoms with E-state index in [0.717, 1.165) is 16.1 Å². The number of rotatable bonds is 12. The zero-order valence-corrected chi connectivity index (χ0v) is 24.4. The summed E-state index contributed by atoms with van der Waals surface area (Å²) in [6.45, 7) is 5.79. The first kappa shape index (κ1) is 30.2. The van der Waals surface area contributed by atoms with Gasteiger partial charge in [0.1, 0.15) is 12.6 Å². The maximum absolute atomic E-state index is 14.1. The molecule has 0 saturated heterocycles. The van der Waals surface area contributed by atoms with E-state index in [2.05, 4.69) is 5.32 Å². The zero-order valence-electron chi connectivity index (χ0n) is 22.8. The van der Waals surface area contributed by atoms with Gasteiger partial charge in [-0.05, 0) is 41.7 Å². The summed E-state index contributed by atoms with van der Waals surface area (Å²) in [5, 5.41) is 3.42. The third-order valence-electron chi connectivity index (χ3n) is 6.32. The number of amides is 2. The van der Waals surface area contributed by atoms with Crippen LogP contribution < -0.4 is 9.62 Å². The van der Waals surface area contributed by atoms with E-state index in [4.69, 9.17) is 11.6 Å². The second kappa shape index (κ2) is 13.6. The van der Waals surface area contributed by atoms with Crippen LogP contribution >= 0.6 is 11.6 Å². The molecule has 0 saturated carbocycles. The van der Waals surface area contributed by atoms with E-state index in [9.17, 15) is 18.0 Å². The average molecular weight is 570 g/mol. The number of aryl methyl sites for hydroxylation is 1. The second-order valence-electron chi connectivity index (χ2n) is 10.0. The molecule has 0 aliphatic carbocycles. The number of carbonyl (C=O) groups excluding carboxylic acids is 2. The van der Waals surface area contributed by atoms with Crippen molar-refractivity contribution in [3.05, 3.63) is 101 Å². The number of hydrogen-bond acceptors (Lipinski definition) is 4. The first-order valence-electron chi connectivity index (χ1n) is 12.8. The molecule has 3 aromatic carbocycles. The lowest BCUT2D eigenvalue weighted by Crippen LogP contribution is -2.53. The number of carbonyl (C=O) groups is 2. The lowest BCUT2D eigenvalue weighted by Gasteiger charge is -2.34. The van der Waals surface area contributed by atoms with Gasteiger partial charge >= 0.3 is 0 Å². The van der Waals surface area contributed by atoms with Crippen LogP contribution in [0.15, 0.2) is 78.9 Å². The Bertz CT molecular complexity index is 1380. The van der Waals surface area contributed by atoms with Crippen molar-refractivity contribution in [1.82, 2.24) is 10.2 Å². The van der Waals surface area contributed by atoms with Crippen LogP contribution in [-0.2, 0) is 32.6 Å². The Morgan fingerprint density at radius 2 is 1.54 bits per heavy atom. The molecule has 39 heavy (non-hydrogen) atoms. The van der Waals surface area contributed by atoms with Gasteiger partial charge in [0.2, 0.25) is 21.8 Å². The van der Waals surface area contributed by atoms with E-state index in [1.807, 2.05) is 50.2 Å². The standard InChI is InChI=1S/C30H36ClN3O4S/c1-22(2)19-32-30(36)28(18-24-13-6-5-7-14-24)33(20-25-15-9-10-16-26(25)31)29(35)21-34(39(4,37)38)27-17-11-8-12-23(27)3/h5-17,22,28H,18-21H2,1-4H3,(H,32,36). The largest absolute Gasteiger partial charge is 0.354 e. The van der Waals surface area contributed by atoms with Gasteiger partial charge in [0.15, 0.2) is 0 Å². The van der Waals surface area contributed by atoms with Crippen LogP contribution in [0, 0.1) is 12.8 Å². The summed E-state index contributed by atoms with van der Waals surface area (Å²) in [6.07, 6.45) is 1.33. The van der Waals surface area contributed by atoms with Crippen LogP contribution in [0.4, 0.5) is 5.69 Å². The van der Waals surface area contributed by atoms with Crippen LogP contribution in [0.1, 0.15) is 30.5 Å². The maximum atomic E-state index is 14.1. The Morgan fingerprint density at radius 1 is 0.923 bits per heavy atom. The summed E-state index contributed by atoms with van der Waals surface area (Å²) in [6, 6.07) is 22.6. The number of para-hydroxylation sites is 1. The first-order chi connectivity index (χ1) is 18.5. The van der Waals surface area contributed by atoms with Gasteiger partial charge in [-0.25, -0.2) is 8.42 Å². The highest BCUT2D eigenvalue weighted by Crippen LogP contribution is 2.24. The summed E-state index contributed by atoms with van der Waals surface area (Å²) in [4.78, 5) is 29.1. The number of hydrogen-bond donors (Lipinski definition) is 1. The molecule has 0 fully saturated rings. The van der Waals surface area contributed by atoms with Crippen molar-refractivity contribution < 1.29 is 18.0 Å². The molecule has 1 unspecified atom stereocenters. The first-order valence-corrected chi connectivity index (χ1v) is 15.1. The SMILES string of the molecule is Cc1ccccc1N(CC(=O)N(Cc1ccccc1Cl)C(Cc1ccccc1)C(=O)NCC(C)C)S(C)(=O)=O. The zero-order chi connectivity index (χ0) is 28.6. The van der Waals surface area contributed by atoms with Crippen LogP contribution in [0.2, 0.25) is 5.02 Å². The molecule has 0 aromatic heterocycles. The average Bonchev–Trinajstić information content (AvgIpc) is 2.89. The third kappa shape index (κ3) is 8.57. The number of anilines is 1. The smallest absolute Gasteiger partial charge is 0.244 e. The minimum Gasteiger partial charge on any atom is -0.354 e. The molecule has 0 spiro atoms. The monoisotopic (exact) mass is 569 g/mol. The maximum Gasteiger partial charge on any atom is 0.244 e. The Kier molecular flexibility index (Phi) is 10.5. The molecule has 9 heteroatoms. The van der Waals surface area contributed by atoms with Gasteiger partial charge in [-0.3, -0.25) is 13.9 Å². The summed E-state index contributed by atoms with van der Waals surface area (Å²) >= 11 is 6.47. The van der Waals surface area contributed by atoms with Crippen LogP contribution in [0.5, 0.6) is 0 Å². The highest BCUT2D eigenvalue weighted by Gasteiger charge is 2.33. The summed E-state index contributed by atoms with van der Waals surface area (Å²) in [7, 11) is -3.82. The molecule has 7 nitrogen and oxygen atoms in total. The van der Waals surface area contributed by atoms with Gasteiger partial charge in [0.25, 0.3) is 0 Å². The minimum atomic E-state index is -3.82. The fraction of sp³-hybridized carbons (Fsp3) is 0.333. The summed E-state index contributed by atoms with van der Waals surface area (Å²) < 4.78 is 26.9. The van der Waals surface area contributed by atoms with E-state index >= 15 is 0 Å². The number of benzene rings is 3. The van der Waals surface area contributed by atoms with Gasteiger partial charge in [0, 0.05) is 24.5 Å². The van der Waals surface area contributed by atoms with E-state index < -0.39 is 28.5 Å². The van der Waals surface area contributed by atoms with Crippen molar-refractivity contribution in [3.63, 3.8) is 0 Å². The predicted octanol–water partition coefficient (Wildman–Crippen LogP) is 4.83.